The van der Waals surface area contributed by atoms with E-state index >= 15 is 0 Å². The predicted octanol–water partition coefficient (Wildman–Crippen LogP) is 5.01. The minimum atomic E-state index is 0.152. The highest BCUT2D eigenvalue weighted by molar-refractivity contribution is 6.42. The average Bonchev–Trinajstić information content (AvgIpc) is 2.43. The van der Waals surface area contributed by atoms with Crippen LogP contribution in [0.1, 0.15) is 27.9 Å². The summed E-state index contributed by atoms with van der Waals surface area (Å²) in [4.78, 5) is 11.9. The molecule has 0 fully saturated rings. The second-order valence-corrected chi connectivity index (χ2v) is 5.23. The molecule has 0 bridgehead atoms. The van der Waals surface area contributed by atoms with Crippen LogP contribution in [0.25, 0.3) is 5.57 Å². The number of benzene rings is 2. The molecule has 1 aliphatic rings. The van der Waals surface area contributed by atoms with Crippen molar-refractivity contribution in [1.82, 2.24) is 0 Å². The van der Waals surface area contributed by atoms with Gasteiger partial charge in [-0.05, 0) is 28.8 Å². The summed E-state index contributed by atoms with van der Waals surface area (Å²) < 4.78 is 0. The Balaban J connectivity index is 2.16. The molecule has 0 N–H and O–H groups in total. The minimum absolute atomic E-state index is 0.152. The summed E-state index contributed by atoms with van der Waals surface area (Å²) in [5.41, 5.74) is 3.74. The maximum atomic E-state index is 11.9. The van der Waals surface area contributed by atoms with Gasteiger partial charge >= 0.3 is 0 Å². The molecule has 2 aromatic rings. The summed E-state index contributed by atoms with van der Waals surface area (Å²) >= 11 is 12.0. The van der Waals surface area contributed by atoms with Crippen LogP contribution in [0.4, 0.5) is 0 Å². The summed E-state index contributed by atoms with van der Waals surface area (Å²) in [5.74, 6) is 0.152. The van der Waals surface area contributed by atoms with Crippen LogP contribution in [0.5, 0.6) is 0 Å². The van der Waals surface area contributed by atoms with Crippen LogP contribution >= 0.6 is 23.2 Å². The summed E-state index contributed by atoms with van der Waals surface area (Å²) in [6.45, 7) is 0. The fraction of sp³-hybridized carbons (Fsp3) is 0.0625. The highest BCUT2D eigenvalue weighted by Crippen LogP contribution is 2.34. The van der Waals surface area contributed by atoms with E-state index < -0.39 is 0 Å². The summed E-state index contributed by atoms with van der Waals surface area (Å²) in [6.07, 6.45) is 2.37. The van der Waals surface area contributed by atoms with Gasteiger partial charge in [-0.25, -0.2) is 0 Å². The first-order valence-electron chi connectivity index (χ1n) is 5.95. The Morgan fingerprint density at radius 2 is 1.63 bits per heavy atom. The molecule has 0 heterocycles. The van der Waals surface area contributed by atoms with Gasteiger partial charge in [0.15, 0.2) is 5.78 Å². The first-order chi connectivity index (χ1) is 9.16. The van der Waals surface area contributed by atoms with Crippen LogP contribution in [0, 0.1) is 0 Å². The standard InChI is InChI=1S/C16H10Cl2O/c17-14-7-5-10(9-15(14)18)11-6-8-16(19)13-4-2-1-3-12(11)13/h1-7,9H,8H2. The Labute approximate surface area is 121 Å². The maximum Gasteiger partial charge on any atom is 0.167 e. The normalized spacial score (nSPS) is 14.0. The lowest BCUT2D eigenvalue weighted by atomic mass is 9.86. The van der Waals surface area contributed by atoms with Crippen molar-refractivity contribution in [3.63, 3.8) is 0 Å². The van der Waals surface area contributed by atoms with Gasteiger partial charge in [-0.2, -0.15) is 0 Å². The van der Waals surface area contributed by atoms with Crippen LogP contribution in [-0.2, 0) is 0 Å². The van der Waals surface area contributed by atoms with Crippen molar-refractivity contribution >= 4 is 34.6 Å². The number of halogens is 2. The average molecular weight is 289 g/mol. The van der Waals surface area contributed by atoms with Gasteiger partial charge in [0.1, 0.15) is 0 Å². The van der Waals surface area contributed by atoms with Crippen molar-refractivity contribution in [3.8, 4) is 0 Å². The summed E-state index contributed by atoms with van der Waals surface area (Å²) in [5, 5.41) is 1.06. The second kappa shape index (κ2) is 4.84. The minimum Gasteiger partial charge on any atom is -0.294 e. The van der Waals surface area contributed by atoms with E-state index in [2.05, 4.69) is 0 Å². The molecule has 1 aliphatic carbocycles. The highest BCUT2D eigenvalue weighted by atomic mass is 35.5. The lowest BCUT2D eigenvalue weighted by Gasteiger charge is -2.17. The largest absolute Gasteiger partial charge is 0.294 e. The third kappa shape index (κ3) is 2.20. The van der Waals surface area contributed by atoms with Crippen molar-refractivity contribution in [1.29, 1.82) is 0 Å². The van der Waals surface area contributed by atoms with Gasteiger partial charge in [-0.3, -0.25) is 4.79 Å². The van der Waals surface area contributed by atoms with E-state index in [4.69, 9.17) is 23.2 Å². The fourth-order valence-electron chi connectivity index (χ4n) is 2.31. The first kappa shape index (κ1) is 12.5. The summed E-state index contributed by atoms with van der Waals surface area (Å²) in [6, 6.07) is 13.2. The molecule has 0 amide bonds. The molecule has 0 saturated carbocycles. The van der Waals surface area contributed by atoms with Crippen LogP contribution in [0.3, 0.4) is 0 Å². The van der Waals surface area contributed by atoms with Crippen LogP contribution < -0.4 is 0 Å². The number of rotatable bonds is 1. The third-order valence-corrected chi connectivity index (χ3v) is 3.98. The van der Waals surface area contributed by atoms with Crippen LogP contribution in [0.2, 0.25) is 10.0 Å². The smallest absolute Gasteiger partial charge is 0.167 e. The van der Waals surface area contributed by atoms with E-state index in [1.54, 1.807) is 6.07 Å². The van der Waals surface area contributed by atoms with E-state index in [1.165, 1.54) is 0 Å². The van der Waals surface area contributed by atoms with E-state index in [1.807, 2.05) is 42.5 Å². The van der Waals surface area contributed by atoms with Gasteiger partial charge < -0.3 is 0 Å². The van der Waals surface area contributed by atoms with E-state index in [0.717, 1.165) is 22.3 Å². The number of hydrogen-bond acceptors (Lipinski definition) is 1. The Morgan fingerprint density at radius 1 is 0.895 bits per heavy atom. The van der Waals surface area contributed by atoms with Gasteiger partial charge in [-0.1, -0.05) is 59.6 Å². The second-order valence-electron chi connectivity index (χ2n) is 4.42. The van der Waals surface area contributed by atoms with Crippen molar-refractivity contribution in [2.45, 2.75) is 6.42 Å². The zero-order valence-electron chi connectivity index (χ0n) is 9.99. The molecule has 3 heteroatoms. The number of carbonyl (C=O) groups excluding carboxylic acids is 1. The van der Waals surface area contributed by atoms with E-state index in [-0.39, 0.29) is 5.78 Å². The molecular formula is C16H10Cl2O. The SMILES string of the molecule is O=C1CC=C(c2ccc(Cl)c(Cl)c2)c2ccccc21. The monoisotopic (exact) mass is 288 g/mol. The van der Waals surface area contributed by atoms with Gasteiger partial charge in [0.05, 0.1) is 10.0 Å². The van der Waals surface area contributed by atoms with Gasteiger partial charge in [0.2, 0.25) is 0 Å². The number of fused-ring (bicyclic) bond motifs is 1. The molecule has 3 rings (SSSR count). The molecule has 0 saturated heterocycles. The summed E-state index contributed by atoms with van der Waals surface area (Å²) in [7, 11) is 0. The molecule has 0 spiro atoms. The zero-order valence-corrected chi connectivity index (χ0v) is 11.5. The van der Waals surface area contributed by atoms with E-state index in [0.29, 0.717) is 16.5 Å². The Kier molecular flexibility index (Phi) is 3.17. The fourth-order valence-corrected chi connectivity index (χ4v) is 2.61. The topological polar surface area (TPSA) is 17.1 Å². The lowest BCUT2D eigenvalue weighted by molar-refractivity contribution is 0.0994. The van der Waals surface area contributed by atoms with E-state index in [9.17, 15) is 4.79 Å². The van der Waals surface area contributed by atoms with Crippen molar-refractivity contribution in [2.24, 2.45) is 0 Å². The predicted molar refractivity (Wildman–Crippen MR) is 78.9 cm³/mol. The Bertz CT molecular complexity index is 702. The number of ketones is 1. The van der Waals surface area contributed by atoms with Gasteiger partial charge in [0, 0.05) is 12.0 Å². The highest BCUT2D eigenvalue weighted by Gasteiger charge is 2.19. The van der Waals surface area contributed by atoms with Crippen molar-refractivity contribution in [3.05, 3.63) is 75.3 Å². The molecule has 19 heavy (non-hydrogen) atoms. The molecule has 0 aromatic heterocycles. The molecule has 94 valence electrons. The molecule has 0 unspecified atom stereocenters. The zero-order chi connectivity index (χ0) is 13.4. The number of carbonyl (C=O) groups is 1. The van der Waals surface area contributed by atoms with Crippen LogP contribution in [-0.4, -0.2) is 5.78 Å². The third-order valence-electron chi connectivity index (χ3n) is 3.24. The maximum absolute atomic E-state index is 11.9. The van der Waals surface area contributed by atoms with Crippen molar-refractivity contribution < 1.29 is 4.79 Å². The molecule has 2 aromatic carbocycles. The van der Waals surface area contributed by atoms with Gasteiger partial charge in [-0.15, -0.1) is 0 Å². The molecule has 1 nitrogen and oxygen atoms in total. The quantitative estimate of drug-likeness (QED) is 0.721. The number of Topliss-reactive ketones (excluding diaryl/α,β-unsaturated/α-hetero) is 1. The molecular weight excluding hydrogens is 279 g/mol. The molecule has 0 aliphatic heterocycles. The Morgan fingerprint density at radius 3 is 2.37 bits per heavy atom. The molecule has 0 atom stereocenters. The first-order valence-corrected chi connectivity index (χ1v) is 6.70. The number of allylic oxidation sites excluding steroid dienone is 1. The lowest BCUT2D eigenvalue weighted by Crippen LogP contribution is -2.08. The van der Waals surface area contributed by atoms with Crippen molar-refractivity contribution in [2.75, 3.05) is 0 Å². The van der Waals surface area contributed by atoms with Crippen LogP contribution in [0.15, 0.2) is 48.5 Å². The molecule has 0 radical (unpaired) electrons. The van der Waals surface area contributed by atoms with Gasteiger partial charge in [0.25, 0.3) is 0 Å². The number of hydrogen-bond donors (Lipinski definition) is 0. The Hall–Kier alpha value is -1.57.